The molecule has 0 bridgehead atoms. The van der Waals surface area contributed by atoms with Crippen molar-refractivity contribution in [3.05, 3.63) is 42.1 Å². The first-order chi connectivity index (χ1) is 7.43. The third kappa shape index (κ3) is 1.46. The predicted octanol–water partition coefficient (Wildman–Crippen LogP) is 2.01. The van der Waals surface area contributed by atoms with E-state index in [9.17, 15) is 0 Å². The summed E-state index contributed by atoms with van der Waals surface area (Å²) < 4.78 is 5.38. The fourth-order valence-electron chi connectivity index (χ4n) is 1.68. The van der Waals surface area contributed by atoms with Crippen LogP contribution in [0.5, 0.6) is 0 Å². The summed E-state index contributed by atoms with van der Waals surface area (Å²) in [5, 5.41) is 1.14. The van der Waals surface area contributed by atoms with Gasteiger partial charge in [-0.2, -0.15) is 0 Å². The zero-order valence-electron chi connectivity index (χ0n) is 8.18. The molecule has 0 atom stereocenters. The Morgan fingerprint density at radius 2 is 2.00 bits per heavy atom. The van der Waals surface area contributed by atoms with E-state index in [0.29, 0.717) is 12.5 Å². The first kappa shape index (κ1) is 8.41. The number of nitrogens with zero attached hydrogens (tertiary/aromatic N) is 2. The Bertz CT molecular complexity index is 534. The van der Waals surface area contributed by atoms with Crippen molar-refractivity contribution in [2.45, 2.75) is 0 Å². The zero-order chi connectivity index (χ0) is 10.1. The van der Waals surface area contributed by atoms with Crippen LogP contribution in [0.25, 0.3) is 10.9 Å². The van der Waals surface area contributed by atoms with Gasteiger partial charge in [-0.05, 0) is 12.1 Å². The molecule has 1 aliphatic heterocycles. The van der Waals surface area contributed by atoms with Gasteiger partial charge in [0.05, 0.1) is 12.1 Å². The van der Waals surface area contributed by atoms with Crippen molar-refractivity contribution in [3.8, 4) is 0 Å². The van der Waals surface area contributed by atoms with Gasteiger partial charge in [-0.1, -0.05) is 24.3 Å². The number of hydrogen-bond acceptors (Lipinski definition) is 3. The zero-order valence-corrected chi connectivity index (χ0v) is 8.18. The summed E-state index contributed by atoms with van der Waals surface area (Å²) in [5.41, 5.74) is 1.81. The van der Waals surface area contributed by atoms with Crippen LogP contribution in [0.4, 0.5) is 0 Å². The molecule has 15 heavy (non-hydrogen) atoms. The highest BCUT2D eigenvalue weighted by Crippen LogP contribution is 2.13. The second kappa shape index (κ2) is 3.35. The Morgan fingerprint density at radius 3 is 2.87 bits per heavy atom. The summed E-state index contributed by atoms with van der Waals surface area (Å²) in [6.07, 6.45) is 0. The van der Waals surface area contributed by atoms with Gasteiger partial charge in [0, 0.05) is 5.39 Å². The van der Waals surface area contributed by atoms with Gasteiger partial charge in [0.1, 0.15) is 12.3 Å². The van der Waals surface area contributed by atoms with E-state index in [-0.39, 0.29) is 0 Å². The van der Waals surface area contributed by atoms with Crippen molar-refractivity contribution >= 4 is 16.8 Å². The molecule has 0 amide bonds. The number of pyridine rings is 1. The molecule has 3 heteroatoms. The van der Waals surface area contributed by atoms with Crippen LogP contribution in [0.1, 0.15) is 5.69 Å². The van der Waals surface area contributed by atoms with Crippen LogP contribution in [0.3, 0.4) is 0 Å². The van der Waals surface area contributed by atoms with Gasteiger partial charge in [-0.15, -0.1) is 0 Å². The molecule has 74 valence electrons. The van der Waals surface area contributed by atoms with E-state index in [1.54, 1.807) is 0 Å². The van der Waals surface area contributed by atoms with Crippen LogP contribution >= 0.6 is 0 Å². The van der Waals surface area contributed by atoms with Crippen molar-refractivity contribution in [3.63, 3.8) is 0 Å². The smallest absolute Gasteiger partial charge is 0.235 e. The Balaban J connectivity index is 2.13. The Kier molecular flexibility index (Phi) is 1.88. The fourth-order valence-corrected chi connectivity index (χ4v) is 1.68. The SMILES string of the molecule is c1ccc2nc(C3=NCCO3)ccc2c1. The molecule has 0 saturated heterocycles. The van der Waals surface area contributed by atoms with E-state index in [1.807, 2.05) is 36.4 Å². The molecule has 0 fully saturated rings. The largest absolute Gasteiger partial charge is 0.474 e. The summed E-state index contributed by atoms with van der Waals surface area (Å²) in [4.78, 5) is 8.75. The van der Waals surface area contributed by atoms with Gasteiger partial charge < -0.3 is 4.74 Å². The second-order valence-electron chi connectivity index (χ2n) is 3.42. The van der Waals surface area contributed by atoms with Crippen LogP contribution in [0.2, 0.25) is 0 Å². The number of aliphatic imine (C=N–C) groups is 1. The van der Waals surface area contributed by atoms with E-state index in [4.69, 9.17) is 4.74 Å². The fraction of sp³-hybridized carbons (Fsp3) is 0.167. The minimum absolute atomic E-state index is 0.667. The van der Waals surface area contributed by atoms with E-state index in [2.05, 4.69) is 9.98 Å². The molecule has 2 aromatic rings. The summed E-state index contributed by atoms with van der Waals surface area (Å²) in [5.74, 6) is 0.667. The Hall–Kier alpha value is -1.90. The predicted molar refractivity (Wildman–Crippen MR) is 59.1 cm³/mol. The summed E-state index contributed by atoms with van der Waals surface area (Å²) in [6.45, 7) is 1.41. The van der Waals surface area contributed by atoms with E-state index >= 15 is 0 Å². The van der Waals surface area contributed by atoms with Crippen molar-refractivity contribution in [2.24, 2.45) is 4.99 Å². The van der Waals surface area contributed by atoms with Gasteiger partial charge in [0.2, 0.25) is 5.90 Å². The molecule has 0 unspecified atom stereocenters. The molecule has 3 nitrogen and oxygen atoms in total. The van der Waals surface area contributed by atoms with Gasteiger partial charge in [0.25, 0.3) is 0 Å². The monoisotopic (exact) mass is 198 g/mol. The first-order valence-electron chi connectivity index (χ1n) is 4.97. The molecular formula is C12H10N2O. The standard InChI is InChI=1S/C12H10N2O/c1-2-4-10-9(3-1)5-6-11(14-10)12-13-7-8-15-12/h1-6H,7-8H2. The number of hydrogen-bond donors (Lipinski definition) is 0. The molecular weight excluding hydrogens is 188 g/mol. The lowest BCUT2D eigenvalue weighted by molar-refractivity contribution is 0.347. The van der Waals surface area contributed by atoms with Crippen molar-refractivity contribution in [1.29, 1.82) is 0 Å². The number of fused-ring (bicyclic) bond motifs is 1. The van der Waals surface area contributed by atoms with Gasteiger partial charge in [-0.25, -0.2) is 9.98 Å². The molecule has 0 N–H and O–H groups in total. The molecule has 1 aromatic carbocycles. The molecule has 1 aromatic heterocycles. The highest BCUT2D eigenvalue weighted by Gasteiger charge is 2.11. The summed E-state index contributed by atoms with van der Waals surface area (Å²) in [6, 6.07) is 12.0. The average Bonchev–Trinajstić information content (AvgIpc) is 2.82. The Labute approximate surface area is 87.4 Å². The maximum Gasteiger partial charge on any atom is 0.235 e. The maximum atomic E-state index is 5.38. The number of rotatable bonds is 1. The number of para-hydroxylation sites is 1. The molecule has 3 rings (SSSR count). The van der Waals surface area contributed by atoms with E-state index in [0.717, 1.165) is 23.1 Å². The van der Waals surface area contributed by atoms with Crippen molar-refractivity contribution in [1.82, 2.24) is 4.98 Å². The summed E-state index contributed by atoms with van der Waals surface area (Å²) >= 11 is 0. The van der Waals surface area contributed by atoms with Crippen molar-refractivity contribution in [2.75, 3.05) is 13.2 Å². The van der Waals surface area contributed by atoms with Crippen LogP contribution in [0.15, 0.2) is 41.4 Å². The lowest BCUT2D eigenvalue weighted by Crippen LogP contribution is -2.03. The number of benzene rings is 1. The molecule has 0 aliphatic carbocycles. The van der Waals surface area contributed by atoms with Gasteiger partial charge >= 0.3 is 0 Å². The van der Waals surface area contributed by atoms with Crippen LogP contribution in [-0.2, 0) is 4.74 Å². The maximum absolute atomic E-state index is 5.38. The van der Waals surface area contributed by atoms with Crippen molar-refractivity contribution < 1.29 is 4.74 Å². The van der Waals surface area contributed by atoms with E-state index in [1.165, 1.54) is 0 Å². The normalized spacial score (nSPS) is 15.1. The molecule has 0 radical (unpaired) electrons. The number of ether oxygens (including phenoxy) is 1. The quantitative estimate of drug-likeness (QED) is 0.702. The minimum Gasteiger partial charge on any atom is -0.474 e. The highest BCUT2D eigenvalue weighted by atomic mass is 16.5. The Morgan fingerprint density at radius 1 is 1.07 bits per heavy atom. The minimum atomic E-state index is 0.667. The third-order valence-corrected chi connectivity index (χ3v) is 2.40. The van der Waals surface area contributed by atoms with Crippen LogP contribution < -0.4 is 0 Å². The van der Waals surface area contributed by atoms with Crippen LogP contribution in [-0.4, -0.2) is 24.0 Å². The third-order valence-electron chi connectivity index (χ3n) is 2.40. The average molecular weight is 198 g/mol. The van der Waals surface area contributed by atoms with E-state index < -0.39 is 0 Å². The number of aromatic nitrogens is 1. The highest BCUT2D eigenvalue weighted by molar-refractivity contribution is 5.95. The lowest BCUT2D eigenvalue weighted by atomic mass is 10.2. The molecule has 0 saturated carbocycles. The second-order valence-corrected chi connectivity index (χ2v) is 3.42. The topological polar surface area (TPSA) is 34.5 Å². The lowest BCUT2D eigenvalue weighted by Gasteiger charge is -2.02. The molecule has 2 heterocycles. The molecule has 0 spiro atoms. The van der Waals surface area contributed by atoms with Crippen LogP contribution in [0, 0.1) is 0 Å². The molecule has 1 aliphatic rings. The van der Waals surface area contributed by atoms with Gasteiger partial charge in [-0.3, -0.25) is 0 Å². The summed E-state index contributed by atoms with van der Waals surface area (Å²) in [7, 11) is 0. The first-order valence-corrected chi connectivity index (χ1v) is 4.97. The van der Waals surface area contributed by atoms with Gasteiger partial charge in [0.15, 0.2) is 0 Å².